The van der Waals surface area contributed by atoms with E-state index in [0.717, 1.165) is 99.1 Å². The molecule has 2 saturated heterocycles. The van der Waals surface area contributed by atoms with Gasteiger partial charge in [0.05, 0.1) is 35.1 Å². The second-order valence-electron chi connectivity index (χ2n) is 8.38. The molecule has 8 nitrogen and oxygen atoms in total. The van der Waals surface area contributed by atoms with Gasteiger partial charge in [-0.25, -0.2) is 9.97 Å². The molecule has 32 heavy (non-hydrogen) atoms. The van der Waals surface area contributed by atoms with Crippen molar-refractivity contribution in [2.24, 2.45) is 0 Å². The molecule has 0 unspecified atom stereocenters. The summed E-state index contributed by atoms with van der Waals surface area (Å²) in [6.07, 6.45) is 2.91. The zero-order valence-corrected chi connectivity index (χ0v) is 18.8. The zero-order chi connectivity index (χ0) is 21.3. The maximum absolute atomic E-state index is 5.60. The first-order valence-corrected chi connectivity index (χ1v) is 12.2. The number of fused-ring (bicyclic) bond motifs is 2. The van der Waals surface area contributed by atoms with Crippen LogP contribution in [0.4, 0.5) is 5.82 Å². The van der Waals surface area contributed by atoms with Gasteiger partial charge in [0.1, 0.15) is 0 Å². The molecule has 6 rings (SSSR count). The van der Waals surface area contributed by atoms with Crippen molar-refractivity contribution in [3.05, 3.63) is 35.3 Å². The van der Waals surface area contributed by atoms with Crippen LogP contribution in [-0.2, 0) is 11.2 Å². The van der Waals surface area contributed by atoms with E-state index >= 15 is 0 Å². The summed E-state index contributed by atoms with van der Waals surface area (Å²) in [7, 11) is 0. The first-order valence-electron chi connectivity index (χ1n) is 11.3. The number of nitrogens with one attached hydrogen (secondary N) is 2. The molecule has 2 N–H and O–H groups in total. The van der Waals surface area contributed by atoms with Crippen LogP contribution in [0.5, 0.6) is 0 Å². The van der Waals surface area contributed by atoms with Crippen LogP contribution in [0.2, 0.25) is 0 Å². The van der Waals surface area contributed by atoms with E-state index in [9.17, 15) is 0 Å². The molecule has 166 valence electrons. The Morgan fingerprint density at radius 1 is 1.06 bits per heavy atom. The number of benzene rings is 1. The molecule has 2 aliphatic rings. The van der Waals surface area contributed by atoms with Gasteiger partial charge in [-0.2, -0.15) is 5.10 Å². The molecule has 9 heteroatoms. The monoisotopic (exact) mass is 449 g/mol. The number of hydrogen-bond acceptors (Lipinski definition) is 8. The summed E-state index contributed by atoms with van der Waals surface area (Å²) < 4.78 is 6.79. The van der Waals surface area contributed by atoms with Gasteiger partial charge in [-0.05, 0) is 18.6 Å². The van der Waals surface area contributed by atoms with Gasteiger partial charge < -0.3 is 19.9 Å². The van der Waals surface area contributed by atoms with Crippen molar-refractivity contribution in [2.45, 2.75) is 6.42 Å². The molecule has 0 saturated carbocycles. The SMILES string of the molecule is c1cc(-c2nc(N3CCOCC3)c3sc(CCN4CCNCC4)cc3n2)c2cn[nH]c2c1. The Kier molecular flexibility index (Phi) is 5.48. The van der Waals surface area contributed by atoms with E-state index in [-0.39, 0.29) is 0 Å². The number of ether oxygens (including phenoxy) is 1. The van der Waals surface area contributed by atoms with Gasteiger partial charge in [-0.3, -0.25) is 5.10 Å². The first kappa shape index (κ1) is 20.0. The molecular weight excluding hydrogens is 422 g/mol. The molecular formula is C23H27N7OS. The van der Waals surface area contributed by atoms with E-state index in [1.807, 2.05) is 29.7 Å². The van der Waals surface area contributed by atoms with Crippen LogP contribution in [0, 0.1) is 0 Å². The normalized spacial score (nSPS) is 18.1. The minimum absolute atomic E-state index is 0.735. The highest BCUT2D eigenvalue weighted by molar-refractivity contribution is 7.19. The molecule has 0 spiro atoms. The third kappa shape index (κ3) is 3.86. The summed E-state index contributed by atoms with van der Waals surface area (Å²) in [6, 6.07) is 8.42. The average molecular weight is 450 g/mol. The van der Waals surface area contributed by atoms with Gasteiger partial charge in [-0.15, -0.1) is 11.3 Å². The van der Waals surface area contributed by atoms with E-state index in [4.69, 9.17) is 14.7 Å². The number of rotatable bonds is 5. The van der Waals surface area contributed by atoms with Crippen LogP contribution in [0.15, 0.2) is 30.5 Å². The lowest BCUT2D eigenvalue weighted by atomic mass is 10.1. The Bertz CT molecular complexity index is 1220. The van der Waals surface area contributed by atoms with E-state index < -0.39 is 0 Å². The van der Waals surface area contributed by atoms with Gasteiger partial charge >= 0.3 is 0 Å². The fourth-order valence-electron chi connectivity index (χ4n) is 4.56. The number of aromatic amines is 1. The van der Waals surface area contributed by atoms with Crippen LogP contribution in [0.3, 0.4) is 0 Å². The third-order valence-corrected chi connectivity index (χ3v) is 7.51. The van der Waals surface area contributed by atoms with Crippen LogP contribution in [-0.4, -0.2) is 84.1 Å². The fraction of sp³-hybridized carbons (Fsp3) is 0.435. The van der Waals surface area contributed by atoms with Crippen molar-refractivity contribution in [2.75, 3.05) is 63.9 Å². The Labute approximate surface area is 190 Å². The quantitative estimate of drug-likeness (QED) is 0.484. The highest BCUT2D eigenvalue weighted by atomic mass is 32.1. The van der Waals surface area contributed by atoms with Crippen LogP contribution in [0.1, 0.15) is 4.88 Å². The maximum atomic E-state index is 5.60. The van der Waals surface area contributed by atoms with E-state index in [1.165, 1.54) is 9.58 Å². The third-order valence-electron chi connectivity index (χ3n) is 6.33. The fourth-order valence-corrected chi connectivity index (χ4v) is 5.66. The molecule has 2 fully saturated rings. The molecule has 3 aromatic heterocycles. The largest absolute Gasteiger partial charge is 0.378 e. The van der Waals surface area contributed by atoms with Crippen LogP contribution >= 0.6 is 11.3 Å². The predicted molar refractivity (Wildman–Crippen MR) is 129 cm³/mol. The summed E-state index contributed by atoms with van der Waals surface area (Å²) >= 11 is 1.85. The summed E-state index contributed by atoms with van der Waals surface area (Å²) in [5, 5.41) is 11.8. The lowest BCUT2D eigenvalue weighted by Gasteiger charge is -2.28. The Hall–Kier alpha value is -2.59. The second-order valence-corrected chi connectivity index (χ2v) is 9.51. The molecule has 0 aliphatic carbocycles. The number of nitrogens with zero attached hydrogens (tertiary/aromatic N) is 5. The highest BCUT2D eigenvalue weighted by Gasteiger charge is 2.21. The summed E-state index contributed by atoms with van der Waals surface area (Å²) in [5.41, 5.74) is 3.06. The second kappa shape index (κ2) is 8.74. The lowest BCUT2D eigenvalue weighted by molar-refractivity contribution is 0.122. The van der Waals surface area contributed by atoms with Gasteiger partial charge in [0, 0.05) is 61.6 Å². The Morgan fingerprint density at radius 2 is 1.94 bits per heavy atom. The molecule has 4 aromatic rings. The van der Waals surface area contributed by atoms with Crippen molar-refractivity contribution >= 4 is 38.3 Å². The molecule has 5 heterocycles. The number of morpholine rings is 1. The van der Waals surface area contributed by atoms with E-state index in [2.05, 4.69) is 37.4 Å². The molecule has 0 amide bonds. The number of hydrogen-bond donors (Lipinski definition) is 2. The van der Waals surface area contributed by atoms with Gasteiger partial charge in [0.15, 0.2) is 11.6 Å². The topological polar surface area (TPSA) is 82.2 Å². The number of thiophene rings is 1. The maximum Gasteiger partial charge on any atom is 0.162 e. The van der Waals surface area contributed by atoms with Crippen molar-refractivity contribution < 1.29 is 4.74 Å². The average Bonchev–Trinajstić information content (AvgIpc) is 3.50. The molecule has 2 aliphatic heterocycles. The van der Waals surface area contributed by atoms with E-state index in [1.54, 1.807) is 0 Å². The van der Waals surface area contributed by atoms with Crippen molar-refractivity contribution in [3.8, 4) is 11.4 Å². The molecule has 0 atom stereocenters. The summed E-state index contributed by atoms with van der Waals surface area (Å²) in [6.45, 7) is 8.70. The highest BCUT2D eigenvalue weighted by Crippen LogP contribution is 2.36. The Morgan fingerprint density at radius 3 is 2.81 bits per heavy atom. The predicted octanol–water partition coefficient (Wildman–Crippen LogP) is 2.52. The Balaban J connectivity index is 1.40. The summed E-state index contributed by atoms with van der Waals surface area (Å²) in [4.78, 5) is 16.4. The van der Waals surface area contributed by atoms with Crippen LogP contribution < -0.4 is 10.2 Å². The molecule has 1 aromatic carbocycles. The van der Waals surface area contributed by atoms with Gasteiger partial charge in [0.2, 0.25) is 0 Å². The van der Waals surface area contributed by atoms with Crippen LogP contribution in [0.25, 0.3) is 32.5 Å². The van der Waals surface area contributed by atoms with Crippen molar-refractivity contribution in [3.63, 3.8) is 0 Å². The lowest BCUT2D eigenvalue weighted by Crippen LogP contribution is -2.44. The molecule has 0 radical (unpaired) electrons. The van der Waals surface area contributed by atoms with Crippen molar-refractivity contribution in [1.29, 1.82) is 0 Å². The number of H-pyrrole nitrogens is 1. The minimum Gasteiger partial charge on any atom is -0.378 e. The van der Waals surface area contributed by atoms with E-state index in [0.29, 0.717) is 0 Å². The number of aromatic nitrogens is 4. The standard InChI is InChI=1S/C23H27N7OS/c1-2-17(18-15-25-28-19(18)3-1)22-26-20-14-16(4-7-29-8-5-24-6-9-29)32-21(20)23(27-22)30-10-12-31-13-11-30/h1-3,14-15,24H,4-13H2,(H,25,28). The number of anilines is 1. The smallest absolute Gasteiger partial charge is 0.162 e. The summed E-state index contributed by atoms with van der Waals surface area (Å²) in [5.74, 6) is 1.80. The van der Waals surface area contributed by atoms with Gasteiger partial charge in [-0.1, -0.05) is 12.1 Å². The molecule has 0 bridgehead atoms. The minimum atomic E-state index is 0.735. The zero-order valence-electron chi connectivity index (χ0n) is 18.0. The van der Waals surface area contributed by atoms with Gasteiger partial charge in [0.25, 0.3) is 0 Å². The van der Waals surface area contributed by atoms with Crippen molar-refractivity contribution in [1.82, 2.24) is 30.4 Å². The number of piperazine rings is 1. The first-order chi connectivity index (χ1) is 15.8.